The van der Waals surface area contributed by atoms with E-state index in [2.05, 4.69) is 0 Å². The number of rotatable bonds is 7. The lowest BCUT2D eigenvalue weighted by molar-refractivity contribution is -0.144. The van der Waals surface area contributed by atoms with Crippen LogP contribution in [0.15, 0.2) is 24.3 Å². The van der Waals surface area contributed by atoms with E-state index in [9.17, 15) is 9.59 Å². The van der Waals surface area contributed by atoms with E-state index in [1.54, 1.807) is 38.3 Å². The molecule has 20 heavy (non-hydrogen) atoms. The summed E-state index contributed by atoms with van der Waals surface area (Å²) in [6, 6.07) is 5.27. The second-order valence-electron chi connectivity index (χ2n) is 3.90. The molecular weight excluding hydrogens is 260 g/mol. The van der Waals surface area contributed by atoms with Crippen LogP contribution in [0.4, 0.5) is 0 Å². The Balaban J connectivity index is 2.70. The smallest absolute Gasteiger partial charge is 0.313 e. The van der Waals surface area contributed by atoms with Crippen molar-refractivity contribution >= 4 is 17.8 Å². The summed E-state index contributed by atoms with van der Waals surface area (Å²) >= 11 is 0. The molecule has 0 saturated carbocycles. The molecule has 0 unspecified atom stereocenters. The summed E-state index contributed by atoms with van der Waals surface area (Å²) in [5.41, 5.74) is 0.778. The Hall–Kier alpha value is -2.30. The number of allylic oxidation sites excluding steroid dienone is 1. The summed E-state index contributed by atoms with van der Waals surface area (Å²) < 4.78 is 15.0. The van der Waals surface area contributed by atoms with Crippen LogP contribution in [0.5, 0.6) is 11.5 Å². The molecule has 0 fully saturated rings. The molecule has 0 spiro atoms. The maximum Gasteiger partial charge on any atom is 0.313 e. The van der Waals surface area contributed by atoms with Crippen molar-refractivity contribution in [2.75, 3.05) is 20.8 Å². The van der Waals surface area contributed by atoms with Crippen LogP contribution in [0.1, 0.15) is 18.9 Å². The minimum atomic E-state index is -0.519. The van der Waals surface area contributed by atoms with Crippen molar-refractivity contribution in [1.82, 2.24) is 0 Å². The number of carbonyl (C=O) groups excluding carboxylic acids is 2. The van der Waals surface area contributed by atoms with Crippen molar-refractivity contribution in [3.63, 3.8) is 0 Å². The number of esters is 1. The predicted molar refractivity (Wildman–Crippen MR) is 74.8 cm³/mol. The van der Waals surface area contributed by atoms with Crippen molar-refractivity contribution in [1.29, 1.82) is 0 Å². The maximum absolute atomic E-state index is 11.5. The fourth-order valence-electron chi connectivity index (χ4n) is 1.56. The molecule has 1 aromatic rings. The molecule has 0 heterocycles. The van der Waals surface area contributed by atoms with E-state index < -0.39 is 5.97 Å². The van der Waals surface area contributed by atoms with E-state index in [4.69, 9.17) is 14.2 Å². The number of ether oxygens (including phenoxy) is 3. The second kappa shape index (κ2) is 7.99. The molecule has 0 aliphatic carbocycles. The fraction of sp³-hybridized carbons (Fsp3) is 0.333. The average molecular weight is 278 g/mol. The highest BCUT2D eigenvalue weighted by atomic mass is 16.5. The Morgan fingerprint density at radius 2 is 1.85 bits per heavy atom. The van der Waals surface area contributed by atoms with E-state index in [0.717, 1.165) is 5.56 Å². The van der Waals surface area contributed by atoms with Crippen LogP contribution >= 0.6 is 0 Å². The van der Waals surface area contributed by atoms with Gasteiger partial charge >= 0.3 is 5.97 Å². The third kappa shape index (κ3) is 4.76. The summed E-state index contributed by atoms with van der Waals surface area (Å²) in [6.07, 6.45) is 2.71. The summed E-state index contributed by atoms with van der Waals surface area (Å²) in [4.78, 5) is 22.7. The lowest BCUT2D eigenvalue weighted by Gasteiger charge is -2.07. The van der Waals surface area contributed by atoms with Gasteiger partial charge in [-0.25, -0.2) is 0 Å². The second-order valence-corrected chi connectivity index (χ2v) is 3.90. The monoisotopic (exact) mass is 278 g/mol. The van der Waals surface area contributed by atoms with Gasteiger partial charge in [-0.3, -0.25) is 9.59 Å². The molecule has 1 aromatic carbocycles. The van der Waals surface area contributed by atoms with Gasteiger partial charge in [0.2, 0.25) is 0 Å². The molecule has 0 amide bonds. The number of ketones is 1. The third-order valence-corrected chi connectivity index (χ3v) is 2.49. The molecule has 1 rings (SSSR count). The van der Waals surface area contributed by atoms with Crippen LogP contribution in [0.3, 0.4) is 0 Å². The van der Waals surface area contributed by atoms with Gasteiger partial charge in [-0.05, 0) is 30.7 Å². The van der Waals surface area contributed by atoms with Gasteiger partial charge < -0.3 is 14.2 Å². The Labute approximate surface area is 118 Å². The van der Waals surface area contributed by atoms with Gasteiger partial charge in [0, 0.05) is 0 Å². The van der Waals surface area contributed by atoms with Crippen molar-refractivity contribution < 1.29 is 23.8 Å². The summed E-state index contributed by atoms with van der Waals surface area (Å²) in [7, 11) is 3.09. The molecule has 5 heteroatoms. The zero-order chi connectivity index (χ0) is 15.0. The zero-order valence-electron chi connectivity index (χ0n) is 11.8. The quantitative estimate of drug-likeness (QED) is 0.435. The van der Waals surface area contributed by atoms with Crippen LogP contribution in [0, 0.1) is 0 Å². The van der Waals surface area contributed by atoms with Crippen LogP contribution in [0.25, 0.3) is 6.08 Å². The van der Waals surface area contributed by atoms with Crippen molar-refractivity contribution in [3.05, 3.63) is 29.8 Å². The van der Waals surface area contributed by atoms with Crippen LogP contribution in [-0.4, -0.2) is 32.6 Å². The maximum atomic E-state index is 11.5. The van der Waals surface area contributed by atoms with Gasteiger partial charge in [0.1, 0.15) is 6.42 Å². The molecule has 0 aliphatic rings. The molecule has 0 atom stereocenters. The third-order valence-electron chi connectivity index (χ3n) is 2.49. The molecule has 0 aromatic heterocycles. The van der Waals surface area contributed by atoms with Crippen molar-refractivity contribution in [3.8, 4) is 11.5 Å². The SMILES string of the molecule is CCOC(=O)CC(=O)C=Cc1ccc(OC)c(OC)c1. The van der Waals surface area contributed by atoms with Gasteiger partial charge in [0.05, 0.1) is 20.8 Å². The topological polar surface area (TPSA) is 61.8 Å². The Morgan fingerprint density at radius 1 is 1.15 bits per heavy atom. The zero-order valence-corrected chi connectivity index (χ0v) is 11.8. The van der Waals surface area contributed by atoms with E-state index >= 15 is 0 Å². The summed E-state index contributed by atoms with van der Waals surface area (Å²) in [5, 5.41) is 0. The fourth-order valence-corrected chi connectivity index (χ4v) is 1.56. The average Bonchev–Trinajstić information content (AvgIpc) is 2.44. The Bertz CT molecular complexity index is 505. The largest absolute Gasteiger partial charge is 0.493 e. The van der Waals surface area contributed by atoms with Gasteiger partial charge in [-0.1, -0.05) is 12.1 Å². The van der Waals surface area contributed by atoms with Gasteiger partial charge in [-0.2, -0.15) is 0 Å². The predicted octanol–water partition coefficient (Wildman–Crippen LogP) is 2.24. The van der Waals surface area contributed by atoms with Crippen molar-refractivity contribution in [2.45, 2.75) is 13.3 Å². The first-order valence-corrected chi connectivity index (χ1v) is 6.19. The van der Waals surface area contributed by atoms with Crippen LogP contribution < -0.4 is 9.47 Å². The van der Waals surface area contributed by atoms with Crippen LogP contribution in [0.2, 0.25) is 0 Å². The lowest BCUT2D eigenvalue weighted by atomic mass is 10.1. The minimum Gasteiger partial charge on any atom is -0.493 e. The summed E-state index contributed by atoms with van der Waals surface area (Å²) in [5.74, 6) is 0.364. The highest BCUT2D eigenvalue weighted by Crippen LogP contribution is 2.27. The number of hydrogen-bond donors (Lipinski definition) is 0. The van der Waals surface area contributed by atoms with Crippen molar-refractivity contribution in [2.24, 2.45) is 0 Å². The first kappa shape index (κ1) is 15.8. The Kier molecular flexibility index (Phi) is 6.29. The molecule has 0 N–H and O–H groups in total. The highest BCUT2D eigenvalue weighted by Gasteiger charge is 2.07. The Morgan fingerprint density at radius 3 is 2.45 bits per heavy atom. The molecule has 5 nitrogen and oxygen atoms in total. The highest BCUT2D eigenvalue weighted by molar-refractivity contribution is 6.03. The minimum absolute atomic E-state index is 0.252. The first-order chi connectivity index (χ1) is 9.60. The van der Waals surface area contributed by atoms with E-state index in [1.807, 2.05) is 0 Å². The van der Waals surface area contributed by atoms with Gasteiger partial charge in [-0.15, -0.1) is 0 Å². The number of methoxy groups -OCH3 is 2. The molecule has 0 saturated heterocycles. The number of carbonyl (C=O) groups is 2. The molecule has 0 bridgehead atoms. The van der Waals surface area contributed by atoms with Gasteiger partial charge in [0.25, 0.3) is 0 Å². The number of benzene rings is 1. The van der Waals surface area contributed by atoms with E-state index in [-0.39, 0.29) is 18.8 Å². The normalized spacial score (nSPS) is 10.3. The van der Waals surface area contributed by atoms with Crippen LogP contribution in [-0.2, 0) is 14.3 Å². The molecule has 0 radical (unpaired) electrons. The van der Waals surface area contributed by atoms with E-state index in [1.165, 1.54) is 13.2 Å². The van der Waals surface area contributed by atoms with Gasteiger partial charge in [0.15, 0.2) is 17.3 Å². The first-order valence-electron chi connectivity index (χ1n) is 6.19. The number of hydrogen-bond acceptors (Lipinski definition) is 5. The lowest BCUT2D eigenvalue weighted by Crippen LogP contribution is -2.09. The summed E-state index contributed by atoms with van der Waals surface area (Å²) in [6.45, 7) is 1.97. The molecule has 0 aliphatic heterocycles. The molecule has 108 valence electrons. The van der Waals surface area contributed by atoms with E-state index in [0.29, 0.717) is 11.5 Å². The molecular formula is C15H18O5. The standard InChI is InChI=1S/C15H18O5/c1-4-20-15(17)10-12(16)7-5-11-6-8-13(18-2)14(9-11)19-3/h5-9H,4,10H2,1-3H3.